The van der Waals surface area contributed by atoms with E-state index in [0.29, 0.717) is 54.7 Å². The molecule has 0 radical (unpaired) electrons. The zero-order valence-corrected chi connectivity index (χ0v) is 19.2. The van der Waals surface area contributed by atoms with Gasteiger partial charge in [0, 0.05) is 67.0 Å². The molecule has 10 nitrogen and oxygen atoms in total. The Kier molecular flexibility index (Phi) is 6.99. The average molecular weight is 487 g/mol. The highest BCUT2D eigenvalue weighted by atomic mass is 35.5. The van der Waals surface area contributed by atoms with Crippen LogP contribution in [-0.4, -0.2) is 48.7 Å². The molecule has 2 aromatic carbocycles. The SMILES string of the molecule is CCOC(=O)Nc1ccc2c(CN3CCN(c4ccc(Cl)cc4[N+](=O)[O-])CC3)cc(=O)oc2c1. The van der Waals surface area contributed by atoms with Crippen molar-refractivity contribution in [2.24, 2.45) is 0 Å². The zero-order chi connectivity index (χ0) is 24.2. The molecule has 11 heteroatoms. The van der Waals surface area contributed by atoms with Crippen molar-refractivity contribution < 1.29 is 18.9 Å². The molecular weight excluding hydrogens is 464 g/mol. The molecule has 1 aromatic heterocycles. The van der Waals surface area contributed by atoms with Gasteiger partial charge in [0.15, 0.2) is 0 Å². The lowest BCUT2D eigenvalue weighted by Crippen LogP contribution is -2.46. The quantitative estimate of drug-likeness (QED) is 0.312. The molecule has 1 aliphatic heterocycles. The van der Waals surface area contributed by atoms with Crippen molar-refractivity contribution in [2.75, 3.05) is 43.0 Å². The van der Waals surface area contributed by atoms with Crippen LogP contribution in [0.3, 0.4) is 0 Å². The van der Waals surface area contributed by atoms with E-state index in [4.69, 9.17) is 20.8 Å². The predicted octanol–water partition coefficient (Wildman–Crippen LogP) is 4.25. The minimum absolute atomic E-state index is 0.0140. The first-order chi connectivity index (χ1) is 16.3. The summed E-state index contributed by atoms with van der Waals surface area (Å²) >= 11 is 5.93. The molecule has 1 N–H and O–H groups in total. The molecule has 0 atom stereocenters. The first-order valence-corrected chi connectivity index (χ1v) is 11.1. The maximum absolute atomic E-state index is 12.2. The molecule has 4 rings (SSSR count). The van der Waals surface area contributed by atoms with Gasteiger partial charge in [-0.25, -0.2) is 9.59 Å². The monoisotopic (exact) mass is 486 g/mol. The lowest BCUT2D eigenvalue weighted by Gasteiger charge is -2.35. The van der Waals surface area contributed by atoms with Crippen molar-refractivity contribution in [2.45, 2.75) is 13.5 Å². The Balaban J connectivity index is 1.48. The number of rotatable bonds is 6. The predicted molar refractivity (Wildman–Crippen MR) is 129 cm³/mol. The van der Waals surface area contributed by atoms with Crippen LogP contribution < -0.4 is 15.8 Å². The van der Waals surface area contributed by atoms with E-state index in [1.807, 2.05) is 4.90 Å². The van der Waals surface area contributed by atoms with Crippen molar-refractivity contribution in [3.63, 3.8) is 0 Å². The van der Waals surface area contributed by atoms with Gasteiger partial charge in [0.25, 0.3) is 5.69 Å². The summed E-state index contributed by atoms with van der Waals surface area (Å²) in [4.78, 5) is 39.0. The third-order valence-corrected chi connectivity index (χ3v) is 5.83. The molecule has 178 valence electrons. The van der Waals surface area contributed by atoms with Crippen molar-refractivity contribution in [3.05, 3.63) is 73.6 Å². The molecule has 34 heavy (non-hydrogen) atoms. The van der Waals surface area contributed by atoms with Crippen molar-refractivity contribution in [1.29, 1.82) is 0 Å². The summed E-state index contributed by atoms with van der Waals surface area (Å²) in [6.07, 6.45) is -0.584. The van der Waals surface area contributed by atoms with Crippen LogP contribution in [0, 0.1) is 10.1 Å². The van der Waals surface area contributed by atoms with Crippen LogP contribution in [0.1, 0.15) is 12.5 Å². The van der Waals surface area contributed by atoms with Gasteiger partial charge in [-0.05, 0) is 36.8 Å². The molecule has 0 spiro atoms. The topological polar surface area (TPSA) is 118 Å². The minimum Gasteiger partial charge on any atom is -0.450 e. The Morgan fingerprint density at radius 2 is 1.94 bits per heavy atom. The van der Waals surface area contributed by atoms with E-state index < -0.39 is 16.6 Å². The van der Waals surface area contributed by atoms with E-state index in [1.54, 1.807) is 37.3 Å². The van der Waals surface area contributed by atoms with Gasteiger partial charge in [0.2, 0.25) is 0 Å². The summed E-state index contributed by atoms with van der Waals surface area (Å²) in [6, 6.07) is 11.3. The second-order valence-corrected chi connectivity index (χ2v) is 8.24. The molecule has 3 aromatic rings. The van der Waals surface area contributed by atoms with E-state index in [2.05, 4.69) is 10.2 Å². The summed E-state index contributed by atoms with van der Waals surface area (Å²) in [6.45, 7) is 4.97. The fraction of sp³-hybridized carbons (Fsp3) is 0.304. The van der Waals surface area contributed by atoms with Gasteiger partial charge in [-0.15, -0.1) is 0 Å². The zero-order valence-electron chi connectivity index (χ0n) is 18.5. The van der Waals surface area contributed by atoms with Crippen LogP contribution in [0.25, 0.3) is 11.0 Å². The molecule has 0 bridgehead atoms. The molecule has 1 saturated heterocycles. The maximum atomic E-state index is 12.2. The summed E-state index contributed by atoms with van der Waals surface area (Å²) in [5, 5.41) is 15.1. The average Bonchev–Trinajstić information content (AvgIpc) is 2.79. The van der Waals surface area contributed by atoms with E-state index in [9.17, 15) is 19.7 Å². The molecular formula is C23H23ClN4O6. The largest absolute Gasteiger partial charge is 0.450 e. The van der Waals surface area contributed by atoms with E-state index in [0.717, 1.165) is 10.9 Å². The van der Waals surface area contributed by atoms with Crippen LogP contribution in [0.4, 0.5) is 21.9 Å². The number of piperazine rings is 1. The van der Waals surface area contributed by atoms with Crippen molar-refractivity contribution >= 4 is 45.7 Å². The molecule has 1 aliphatic rings. The number of anilines is 2. The number of benzene rings is 2. The van der Waals surface area contributed by atoms with Gasteiger partial charge in [-0.2, -0.15) is 0 Å². The summed E-state index contributed by atoms with van der Waals surface area (Å²) in [5.41, 5.74) is 1.68. The number of nitrogens with zero attached hydrogens (tertiary/aromatic N) is 3. The number of carbonyl (C=O) groups is 1. The first kappa shape index (κ1) is 23.5. The minimum atomic E-state index is -0.584. The number of hydrogen-bond acceptors (Lipinski definition) is 8. The Labute approximate surface area is 199 Å². The van der Waals surface area contributed by atoms with Gasteiger partial charge in [0.05, 0.1) is 11.5 Å². The smallest absolute Gasteiger partial charge is 0.411 e. The summed E-state index contributed by atoms with van der Waals surface area (Å²) in [5.74, 6) is 0. The third-order valence-electron chi connectivity index (χ3n) is 5.59. The highest BCUT2D eigenvalue weighted by Crippen LogP contribution is 2.32. The molecule has 0 unspecified atom stereocenters. The number of nitro benzene ring substituents is 1. The standard InChI is InChI=1S/C23H23ClN4O6/c1-2-33-23(30)25-17-4-5-18-15(11-22(29)34-21(18)13-17)14-26-7-9-27(10-8-26)19-6-3-16(24)12-20(19)28(31)32/h3-6,11-13H,2,7-10,14H2,1H3,(H,25,30). The number of hydrogen-bond donors (Lipinski definition) is 1. The number of fused-ring (bicyclic) bond motifs is 1. The number of nitrogens with one attached hydrogen (secondary N) is 1. The van der Waals surface area contributed by atoms with Gasteiger partial charge in [-0.1, -0.05) is 11.6 Å². The number of amides is 1. The number of nitro groups is 1. The lowest BCUT2D eigenvalue weighted by molar-refractivity contribution is -0.384. The van der Waals surface area contributed by atoms with Gasteiger partial charge in [0.1, 0.15) is 11.3 Å². The second kappa shape index (κ2) is 10.1. The first-order valence-electron chi connectivity index (χ1n) is 10.8. The highest BCUT2D eigenvalue weighted by Gasteiger charge is 2.24. The van der Waals surface area contributed by atoms with E-state index >= 15 is 0 Å². The fourth-order valence-electron chi connectivity index (χ4n) is 4.02. The summed E-state index contributed by atoms with van der Waals surface area (Å²) < 4.78 is 10.2. The number of carbonyl (C=O) groups excluding carboxylic acids is 1. The molecule has 0 aliphatic carbocycles. The summed E-state index contributed by atoms with van der Waals surface area (Å²) in [7, 11) is 0. The van der Waals surface area contributed by atoms with Crippen LogP contribution in [0.15, 0.2) is 51.7 Å². The van der Waals surface area contributed by atoms with Crippen LogP contribution in [0.2, 0.25) is 5.02 Å². The van der Waals surface area contributed by atoms with Gasteiger partial charge < -0.3 is 14.1 Å². The van der Waals surface area contributed by atoms with Gasteiger partial charge in [-0.3, -0.25) is 20.3 Å². The second-order valence-electron chi connectivity index (χ2n) is 7.80. The third kappa shape index (κ3) is 5.29. The number of ether oxygens (including phenoxy) is 1. The van der Waals surface area contributed by atoms with Gasteiger partial charge >= 0.3 is 11.7 Å². The van der Waals surface area contributed by atoms with Crippen LogP contribution in [0.5, 0.6) is 0 Å². The Hall–Kier alpha value is -3.63. The van der Waals surface area contributed by atoms with Crippen molar-refractivity contribution in [1.82, 2.24) is 4.90 Å². The molecule has 1 fully saturated rings. The normalized spacial score (nSPS) is 14.2. The Morgan fingerprint density at radius 1 is 1.18 bits per heavy atom. The molecule has 1 amide bonds. The van der Waals surface area contributed by atoms with Crippen LogP contribution in [-0.2, 0) is 11.3 Å². The maximum Gasteiger partial charge on any atom is 0.411 e. The number of halogens is 1. The molecule has 0 saturated carbocycles. The Bertz CT molecular complexity index is 1290. The highest BCUT2D eigenvalue weighted by molar-refractivity contribution is 6.30. The molecule has 2 heterocycles. The van der Waals surface area contributed by atoms with Crippen molar-refractivity contribution in [3.8, 4) is 0 Å². The van der Waals surface area contributed by atoms with Crippen LogP contribution >= 0.6 is 11.6 Å². The van der Waals surface area contributed by atoms with E-state index in [1.165, 1.54) is 12.1 Å². The fourth-order valence-corrected chi connectivity index (χ4v) is 4.19. The lowest BCUT2D eigenvalue weighted by atomic mass is 10.1. The van der Waals surface area contributed by atoms with E-state index in [-0.39, 0.29) is 12.3 Å². The Morgan fingerprint density at radius 3 is 2.65 bits per heavy atom.